The highest BCUT2D eigenvalue weighted by molar-refractivity contribution is 6.33. The summed E-state index contributed by atoms with van der Waals surface area (Å²) < 4.78 is 13.2. The van der Waals surface area contributed by atoms with Gasteiger partial charge in [-0.25, -0.2) is 4.39 Å². The highest BCUT2D eigenvalue weighted by Gasteiger charge is 2.27. The van der Waals surface area contributed by atoms with E-state index in [0.717, 1.165) is 28.6 Å². The van der Waals surface area contributed by atoms with Gasteiger partial charge in [0, 0.05) is 17.7 Å². The van der Waals surface area contributed by atoms with Crippen molar-refractivity contribution in [2.75, 3.05) is 6.54 Å². The van der Waals surface area contributed by atoms with E-state index in [0.29, 0.717) is 25.1 Å². The van der Waals surface area contributed by atoms with Crippen molar-refractivity contribution >= 4 is 17.5 Å². The predicted molar refractivity (Wildman–Crippen MR) is 93.9 cm³/mol. The van der Waals surface area contributed by atoms with Gasteiger partial charge in [0.15, 0.2) is 0 Å². The molecule has 126 valence electrons. The van der Waals surface area contributed by atoms with Gasteiger partial charge in [-0.3, -0.25) is 9.89 Å². The van der Waals surface area contributed by atoms with Crippen molar-refractivity contribution in [1.82, 2.24) is 15.1 Å². The summed E-state index contributed by atoms with van der Waals surface area (Å²) in [6.07, 6.45) is 0.709. The maximum absolute atomic E-state index is 13.2. The number of hydrogen-bond donors (Lipinski definition) is 1. The van der Waals surface area contributed by atoms with E-state index in [2.05, 4.69) is 10.2 Å². The Morgan fingerprint density at radius 1 is 1.20 bits per heavy atom. The van der Waals surface area contributed by atoms with E-state index in [1.807, 2.05) is 30.3 Å². The van der Waals surface area contributed by atoms with E-state index in [1.165, 1.54) is 12.1 Å². The minimum Gasteiger partial charge on any atom is -0.332 e. The minimum absolute atomic E-state index is 0.130. The monoisotopic (exact) mass is 355 g/mol. The first kappa shape index (κ1) is 15.8. The Morgan fingerprint density at radius 2 is 2.00 bits per heavy atom. The molecule has 6 heteroatoms. The van der Waals surface area contributed by atoms with Crippen molar-refractivity contribution in [1.29, 1.82) is 0 Å². The van der Waals surface area contributed by atoms with Crippen molar-refractivity contribution in [2.45, 2.75) is 13.0 Å². The number of aromatic amines is 1. The van der Waals surface area contributed by atoms with E-state index < -0.39 is 5.82 Å². The SMILES string of the molecule is O=C(c1ccc(F)cc1Cl)N1CCc2c(-c3ccccc3)n[nH]c2C1. The normalized spacial score (nSPS) is 13.6. The Kier molecular flexibility index (Phi) is 4.01. The summed E-state index contributed by atoms with van der Waals surface area (Å²) in [6, 6.07) is 13.8. The average molecular weight is 356 g/mol. The fourth-order valence-electron chi connectivity index (χ4n) is 3.16. The van der Waals surface area contributed by atoms with Gasteiger partial charge >= 0.3 is 0 Å². The summed E-state index contributed by atoms with van der Waals surface area (Å²) in [7, 11) is 0. The molecule has 25 heavy (non-hydrogen) atoms. The van der Waals surface area contributed by atoms with Gasteiger partial charge in [0.1, 0.15) is 5.82 Å². The van der Waals surface area contributed by atoms with E-state index in [9.17, 15) is 9.18 Å². The van der Waals surface area contributed by atoms with Crippen LogP contribution in [0.5, 0.6) is 0 Å². The predicted octanol–water partition coefficient (Wildman–Crippen LogP) is 4.07. The van der Waals surface area contributed by atoms with Crippen LogP contribution in [0.3, 0.4) is 0 Å². The zero-order valence-corrected chi connectivity index (χ0v) is 14.1. The van der Waals surface area contributed by atoms with Crippen molar-refractivity contribution in [2.24, 2.45) is 0 Å². The second-order valence-electron chi connectivity index (χ2n) is 6.00. The van der Waals surface area contributed by atoms with Crippen LogP contribution < -0.4 is 0 Å². The van der Waals surface area contributed by atoms with Gasteiger partial charge in [-0.15, -0.1) is 0 Å². The van der Waals surface area contributed by atoms with Gasteiger partial charge in [-0.05, 0) is 24.6 Å². The number of nitrogens with zero attached hydrogens (tertiary/aromatic N) is 2. The lowest BCUT2D eigenvalue weighted by molar-refractivity contribution is 0.0732. The molecule has 0 saturated heterocycles. The smallest absolute Gasteiger partial charge is 0.255 e. The fourth-order valence-corrected chi connectivity index (χ4v) is 3.41. The lowest BCUT2D eigenvalue weighted by Crippen LogP contribution is -2.36. The number of aromatic nitrogens is 2. The fraction of sp³-hybridized carbons (Fsp3) is 0.158. The standard InChI is InChI=1S/C19H15ClFN3O/c20-16-10-13(21)6-7-14(16)19(25)24-9-8-15-17(11-24)22-23-18(15)12-4-2-1-3-5-12/h1-7,10H,8-9,11H2,(H,22,23). The van der Waals surface area contributed by atoms with Gasteiger partial charge in [0.25, 0.3) is 5.91 Å². The summed E-state index contributed by atoms with van der Waals surface area (Å²) in [5, 5.41) is 7.60. The molecular weight excluding hydrogens is 341 g/mol. The number of hydrogen-bond acceptors (Lipinski definition) is 2. The zero-order chi connectivity index (χ0) is 17.4. The van der Waals surface area contributed by atoms with Crippen molar-refractivity contribution in [3.63, 3.8) is 0 Å². The van der Waals surface area contributed by atoms with Crippen LogP contribution in [-0.4, -0.2) is 27.5 Å². The molecule has 2 aromatic carbocycles. The Balaban J connectivity index is 1.60. The topological polar surface area (TPSA) is 49.0 Å². The molecule has 1 N–H and O–H groups in total. The molecule has 1 amide bonds. The first-order chi connectivity index (χ1) is 12.1. The van der Waals surface area contributed by atoms with Gasteiger partial charge in [-0.1, -0.05) is 41.9 Å². The molecule has 4 nitrogen and oxygen atoms in total. The van der Waals surface area contributed by atoms with Crippen LogP contribution in [0.2, 0.25) is 5.02 Å². The molecule has 2 heterocycles. The maximum Gasteiger partial charge on any atom is 0.255 e. The van der Waals surface area contributed by atoms with Crippen LogP contribution in [0.25, 0.3) is 11.3 Å². The molecule has 4 rings (SSSR count). The van der Waals surface area contributed by atoms with E-state index in [1.54, 1.807) is 4.90 Å². The summed E-state index contributed by atoms with van der Waals surface area (Å²) in [5.74, 6) is -0.657. The zero-order valence-electron chi connectivity index (χ0n) is 13.3. The molecule has 0 saturated carbocycles. The third-order valence-electron chi connectivity index (χ3n) is 4.43. The highest BCUT2D eigenvalue weighted by Crippen LogP contribution is 2.29. The Morgan fingerprint density at radius 3 is 2.76 bits per heavy atom. The second-order valence-corrected chi connectivity index (χ2v) is 6.40. The molecule has 0 radical (unpaired) electrons. The lowest BCUT2D eigenvalue weighted by atomic mass is 9.99. The minimum atomic E-state index is -0.455. The van der Waals surface area contributed by atoms with Gasteiger partial charge < -0.3 is 4.90 Å². The molecule has 3 aromatic rings. The second kappa shape index (κ2) is 6.33. The van der Waals surface area contributed by atoms with Crippen LogP contribution in [0.4, 0.5) is 4.39 Å². The number of H-pyrrole nitrogens is 1. The molecule has 0 fully saturated rings. The van der Waals surface area contributed by atoms with Crippen LogP contribution in [-0.2, 0) is 13.0 Å². The van der Waals surface area contributed by atoms with Gasteiger partial charge in [0.2, 0.25) is 0 Å². The average Bonchev–Trinajstić information content (AvgIpc) is 3.05. The number of fused-ring (bicyclic) bond motifs is 1. The van der Waals surface area contributed by atoms with E-state index in [-0.39, 0.29) is 10.9 Å². The lowest BCUT2D eigenvalue weighted by Gasteiger charge is -2.27. The Hall–Kier alpha value is -2.66. The number of carbonyl (C=O) groups is 1. The van der Waals surface area contributed by atoms with E-state index in [4.69, 9.17) is 11.6 Å². The Labute approximate surface area is 149 Å². The summed E-state index contributed by atoms with van der Waals surface area (Å²) in [5.41, 5.74) is 4.37. The summed E-state index contributed by atoms with van der Waals surface area (Å²) >= 11 is 6.02. The number of halogens is 2. The molecule has 1 aliphatic heterocycles. The molecule has 0 aliphatic carbocycles. The van der Waals surface area contributed by atoms with Crippen molar-refractivity contribution < 1.29 is 9.18 Å². The van der Waals surface area contributed by atoms with Crippen LogP contribution in [0.15, 0.2) is 48.5 Å². The number of nitrogens with one attached hydrogen (secondary N) is 1. The summed E-state index contributed by atoms with van der Waals surface area (Å²) in [4.78, 5) is 14.4. The van der Waals surface area contributed by atoms with Gasteiger partial charge in [-0.2, -0.15) is 5.10 Å². The quantitative estimate of drug-likeness (QED) is 0.753. The molecule has 1 aromatic heterocycles. The van der Waals surface area contributed by atoms with Crippen LogP contribution in [0.1, 0.15) is 21.6 Å². The van der Waals surface area contributed by atoms with Crippen LogP contribution >= 0.6 is 11.6 Å². The third-order valence-corrected chi connectivity index (χ3v) is 4.74. The molecule has 0 spiro atoms. The van der Waals surface area contributed by atoms with Crippen molar-refractivity contribution in [3.8, 4) is 11.3 Å². The first-order valence-corrected chi connectivity index (χ1v) is 8.37. The number of amides is 1. The van der Waals surface area contributed by atoms with Crippen molar-refractivity contribution in [3.05, 3.63) is 76.2 Å². The largest absolute Gasteiger partial charge is 0.332 e. The highest BCUT2D eigenvalue weighted by atomic mass is 35.5. The Bertz CT molecular complexity index is 939. The molecular formula is C19H15ClFN3O. The number of carbonyl (C=O) groups excluding carboxylic acids is 1. The van der Waals surface area contributed by atoms with E-state index >= 15 is 0 Å². The molecule has 0 bridgehead atoms. The maximum atomic E-state index is 13.2. The van der Waals surface area contributed by atoms with Gasteiger partial charge in [0.05, 0.1) is 28.5 Å². The van der Waals surface area contributed by atoms with Crippen LogP contribution in [0, 0.1) is 5.82 Å². The number of benzene rings is 2. The summed E-state index contributed by atoms with van der Waals surface area (Å²) in [6.45, 7) is 1.00. The molecule has 0 atom stereocenters. The number of rotatable bonds is 2. The first-order valence-electron chi connectivity index (χ1n) is 7.99. The third kappa shape index (κ3) is 2.91. The molecule has 1 aliphatic rings. The molecule has 0 unspecified atom stereocenters.